The summed E-state index contributed by atoms with van der Waals surface area (Å²) in [6.07, 6.45) is 0.919. The van der Waals surface area contributed by atoms with E-state index in [2.05, 4.69) is 33.1 Å². The molecule has 3 aliphatic rings. The third-order valence-electron chi connectivity index (χ3n) is 10.1. The Labute approximate surface area is 340 Å². The number of hydrogen-bond acceptors (Lipinski definition) is 11. The van der Waals surface area contributed by atoms with E-state index in [0.29, 0.717) is 35.6 Å². The van der Waals surface area contributed by atoms with Gasteiger partial charge in [-0.15, -0.1) is 5.06 Å². The molecule has 3 atom stereocenters. The van der Waals surface area contributed by atoms with Crippen LogP contribution < -0.4 is 26.2 Å². The summed E-state index contributed by atoms with van der Waals surface area (Å²) in [5, 5.41) is 10.5. The minimum atomic E-state index is -1.02. The second-order valence-electron chi connectivity index (χ2n) is 14.2. The lowest BCUT2D eigenvalue weighted by Gasteiger charge is -2.28. The molecule has 0 spiro atoms. The Balaban J connectivity index is 1.03. The van der Waals surface area contributed by atoms with Gasteiger partial charge in [-0.1, -0.05) is 62.4 Å². The van der Waals surface area contributed by atoms with Gasteiger partial charge in [0.05, 0.1) is 25.3 Å². The zero-order chi connectivity index (χ0) is 42.5. The quantitative estimate of drug-likeness (QED) is 0.0728. The van der Waals surface area contributed by atoms with E-state index in [1.54, 1.807) is 17.9 Å². The molecule has 3 heterocycles. The predicted molar refractivity (Wildman–Crippen MR) is 208 cm³/mol. The second-order valence-corrected chi connectivity index (χ2v) is 14.2. The number of fused-ring (bicyclic) bond motifs is 2. The van der Waals surface area contributed by atoms with E-state index >= 15 is 0 Å². The Morgan fingerprint density at radius 3 is 2.25 bits per heavy atom. The number of nitrogens with zero attached hydrogens (tertiary/aromatic N) is 3. The van der Waals surface area contributed by atoms with Gasteiger partial charge in [-0.25, -0.2) is 4.79 Å². The number of hydrogen-bond donors (Lipinski definition) is 4. The predicted octanol–water partition coefficient (Wildman–Crippen LogP) is 0.165. The maximum absolute atomic E-state index is 13.4. The smallest absolute Gasteiger partial charge is 0.349 e. The number of ether oxygens (including phenoxy) is 1. The molecule has 0 aliphatic carbocycles. The summed E-state index contributed by atoms with van der Waals surface area (Å²) in [5.41, 5.74) is 3.01. The Kier molecular flexibility index (Phi) is 15.3. The fourth-order valence-corrected chi connectivity index (χ4v) is 6.61. The minimum absolute atomic E-state index is 0.0626. The molecular weight excluding hydrogens is 766 g/mol. The first-order valence-corrected chi connectivity index (χ1v) is 19.4. The van der Waals surface area contributed by atoms with Crippen molar-refractivity contribution in [2.24, 2.45) is 5.92 Å². The minimum Gasteiger partial charge on any atom is -0.349 e. The van der Waals surface area contributed by atoms with Gasteiger partial charge in [0, 0.05) is 43.4 Å². The Bertz CT molecular complexity index is 2030. The molecule has 1 unspecified atom stereocenters. The zero-order valence-electron chi connectivity index (χ0n) is 32.9. The molecule has 2 saturated heterocycles. The number of amides is 8. The largest absolute Gasteiger partial charge is 0.358 e. The SMILES string of the molecule is CCC(C)[C@H](NC(=O)[C@@H]1CCCN1C(=O)CNC(=O)CNC(=O)CCC(=O)N1Cc2ccccc2C#Cc2ccccc21)C(=O)NCOCC(=O)ON1C(=O)CCC1=O. The van der Waals surface area contributed by atoms with Crippen molar-refractivity contribution in [2.75, 3.05) is 37.9 Å². The number of para-hydroxylation sites is 1. The van der Waals surface area contributed by atoms with Crippen molar-refractivity contribution in [1.29, 1.82) is 0 Å². The number of rotatable bonds is 17. The normalized spacial score (nSPS) is 16.6. The van der Waals surface area contributed by atoms with Crippen LogP contribution in [-0.4, -0.2) is 108 Å². The van der Waals surface area contributed by atoms with E-state index in [-0.39, 0.29) is 50.6 Å². The average molecular weight is 814 g/mol. The van der Waals surface area contributed by atoms with E-state index in [9.17, 15) is 43.2 Å². The van der Waals surface area contributed by atoms with Gasteiger partial charge in [-0.05, 0) is 42.5 Å². The lowest BCUT2D eigenvalue weighted by molar-refractivity contribution is -0.200. The molecule has 2 aromatic rings. The first-order valence-electron chi connectivity index (χ1n) is 19.4. The van der Waals surface area contributed by atoms with Gasteiger partial charge in [0.25, 0.3) is 11.8 Å². The molecule has 5 rings (SSSR count). The summed E-state index contributed by atoms with van der Waals surface area (Å²) in [5.74, 6) is 0.483. The van der Waals surface area contributed by atoms with Gasteiger partial charge < -0.3 is 40.6 Å². The molecule has 0 aromatic heterocycles. The second kappa shape index (κ2) is 20.7. The van der Waals surface area contributed by atoms with Crippen molar-refractivity contribution in [1.82, 2.24) is 31.2 Å². The molecule has 2 fully saturated rings. The average Bonchev–Trinajstić information content (AvgIpc) is 3.85. The molecule has 0 saturated carbocycles. The fraction of sp³-hybridized carbons (Fsp3) is 0.439. The summed E-state index contributed by atoms with van der Waals surface area (Å²) < 4.78 is 5.11. The number of carbonyl (C=O) groups excluding carboxylic acids is 9. The topological polar surface area (TPSA) is 230 Å². The van der Waals surface area contributed by atoms with Gasteiger partial charge >= 0.3 is 5.97 Å². The van der Waals surface area contributed by atoms with E-state index in [1.807, 2.05) is 49.4 Å². The number of likely N-dealkylation sites (tertiary alicyclic amines) is 1. The molecule has 4 N–H and O–H groups in total. The first kappa shape index (κ1) is 43.5. The van der Waals surface area contributed by atoms with Crippen LogP contribution in [0.3, 0.4) is 0 Å². The van der Waals surface area contributed by atoms with Crippen LogP contribution in [0.5, 0.6) is 0 Å². The third kappa shape index (κ3) is 11.7. The van der Waals surface area contributed by atoms with Crippen molar-refractivity contribution < 1.29 is 52.7 Å². The monoisotopic (exact) mass is 813 g/mol. The van der Waals surface area contributed by atoms with Crippen LogP contribution in [0, 0.1) is 17.8 Å². The van der Waals surface area contributed by atoms with Crippen LogP contribution in [-0.2, 0) is 59.3 Å². The number of anilines is 1. The molecule has 3 aliphatic heterocycles. The molecule has 312 valence electrons. The first-order chi connectivity index (χ1) is 28.4. The van der Waals surface area contributed by atoms with E-state index < -0.39 is 85.8 Å². The van der Waals surface area contributed by atoms with Gasteiger partial charge in [0.1, 0.15) is 25.4 Å². The van der Waals surface area contributed by atoms with Crippen LogP contribution in [0.25, 0.3) is 0 Å². The zero-order valence-corrected chi connectivity index (χ0v) is 32.9. The summed E-state index contributed by atoms with van der Waals surface area (Å²) in [6.45, 7) is 2.12. The van der Waals surface area contributed by atoms with Crippen molar-refractivity contribution in [3.8, 4) is 11.8 Å². The molecule has 18 heteroatoms. The number of benzene rings is 2. The number of imide groups is 1. The number of carbonyl (C=O) groups is 9. The van der Waals surface area contributed by atoms with Crippen LogP contribution in [0.1, 0.15) is 75.5 Å². The molecule has 8 amide bonds. The maximum atomic E-state index is 13.4. The molecule has 0 bridgehead atoms. The van der Waals surface area contributed by atoms with Crippen LogP contribution in [0.15, 0.2) is 48.5 Å². The lowest BCUT2D eigenvalue weighted by Crippen LogP contribution is -2.56. The van der Waals surface area contributed by atoms with Gasteiger partial charge in [0.15, 0.2) is 0 Å². The van der Waals surface area contributed by atoms with Crippen molar-refractivity contribution in [3.05, 3.63) is 65.2 Å². The standard InChI is InChI=1S/C41H47N7O11/c1-3-26(2)39(41(57)44-25-58-24-38(55)59-48-35(52)18-19-36(48)53)45-40(56)31-13-8-20-46(31)37(54)22-43-33(50)21-42-32(49)16-17-34(51)47-23-29-11-5-4-9-27(29)14-15-28-10-6-7-12-30(28)47/h4-7,9-12,26,31,39H,3,8,13,16-25H2,1-2H3,(H,42,49)(H,43,50)(H,44,57)(H,45,56)/t26?,31-,39-/m0/s1. The van der Waals surface area contributed by atoms with Crippen molar-refractivity contribution in [2.45, 2.75) is 77.4 Å². The van der Waals surface area contributed by atoms with Crippen molar-refractivity contribution in [3.63, 3.8) is 0 Å². The fourth-order valence-electron chi connectivity index (χ4n) is 6.61. The molecule has 18 nitrogen and oxygen atoms in total. The van der Waals surface area contributed by atoms with Gasteiger partial charge in [-0.3, -0.25) is 38.4 Å². The van der Waals surface area contributed by atoms with E-state index in [4.69, 9.17) is 9.57 Å². The molecule has 59 heavy (non-hydrogen) atoms. The van der Waals surface area contributed by atoms with Gasteiger partial charge in [-0.2, -0.15) is 0 Å². The summed E-state index contributed by atoms with van der Waals surface area (Å²) in [6, 6.07) is 12.9. The highest BCUT2D eigenvalue weighted by molar-refractivity contribution is 6.02. The highest BCUT2D eigenvalue weighted by atomic mass is 16.7. The lowest BCUT2D eigenvalue weighted by atomic mass is 9.97. The van der Waals surface area contributed by atoms with Crippen LogP contribution in [0.2, 0.25) is 0 Å². The highest BCUT2D eigenvalue weighted by Crippen LogP contribution is 2.26. The van der Waals surface area contributed by atoms with Crippen LogP contribution >= 0.6 is 0 Å². The Hall–Kier alpha value is -6.61. The molecule has 0 radical (unpaired) electrons. The summed E-state index contributed by atoms with van der Waals surface area (Å²) in [4.78, 5) is 121. The van der Waals surface area contributed by atoms with Crippen LogP contribution in [0.4, 0.5) is 5.69 Å². The summed E-state index contributed by atoms with van der Waals surface area (Å²) in [7, 11) is 0. The molecule has 2 aromatic carbocycles. The van der Waals surface area contributed by atoms with Gasteiger partial charge in [0.2, 0.25) is 35.4 Å². The van der Waals surface area contributed by atoms with Crippen molar-refractivity contribution >= 4 is 58.9 Å². The van der Waals surface area contributed by atoms with E-state index in [0.717, 1.165) is 11.1 Å². The summed E-state index contributed by atoms with van der Waals surface area (Å²) >= 11 is 0. The number of hydroxylamine groups is 2. The number of nitrogens with one attached hydrogen (secondary N) is 4. The van der Waals surface area contributed by atoms with E-state index in [1.165, 1.54) is 4.90 Å². The maximum Gasteiger partial charge on any atom is 0.358 e. The Morgan fingerprint density at radius 2 is 1.51 bits per heavy atom. The Morgan fingerprint density at radius 1 is 0.831 bits per heavy atom. The third-order valence-corrected chi connectivity index (χ3v) is 10.1. The molecular formula is C41H47N7O11. The highest BCUT2D eigenvalue weighted by Gasteiger charge is 2.37.